The third kappa shape index (κ3) is 3.68. The normalized spacial score (nSPS) is 20.7. The minimum absolute atomic E-state index is 0.0213. The van der Waals surface area contributed by atoms with Gasteiger partial charge in [-0.2, -0.15) is 17.9 Å². The van der Waals surface area contributed by atoms with Gasteiger partial charge in [-0.15, -0.1) is 0 Å². The number of sulfonamides is 1. The molecule has 2 aliphatic rings. The predicted octanol–water partition coefficient (Wildman–Crippen LogP) is 1.29. The largest absolute Gasteiger partial charge is 0.352 e. The Labute approximate surface area is 179 Å². The van der Waals surface area contributed by atoms with Crippen molar-refractivity contribution in [2.75, 3.05) is 6.54 Å². The molecule has 1 heterocycles. The van der Waals surface area contributed by atoms with Gasteiger partial charge in [0.05, 0.1) is 22.6 Å². The number of hydrogen-bond donors (Lipinski definition) is 1. The number of nitrogens with zero attached hydrogens (tertiary/aromatic N) is 2. The topological polar surface area (TPSA) is 113 Å². The zero-order valence-corrected chi connectivity index (χ0v) is 17.4. The molecule has 31 heavy (non-hydrogen) atoms. The number of carbonyl (C=O) groups excluding carboxylic acids is 3. The summed E-state index contributed by atoms with van der Waals surface area (Å²) in [5, 5.41) is 6.81. The minimum atomic E-state index is -4.10. The first-order chi connectivity index (χ1) is 14.8. The van der Waals surface area contributed by atoms with Crippen LogP contribution in [0.4, 0.5) is 0 Å². The minimum Gasteiger partial charge on any atom is -0.352 e. The molecule has 9 heteroatoms. The maximum Gasteiger partial charge on any atom is 0.279 e. The molecule has 1 N–H and O–H groups in total. The van der Waals surface area contributed by atoms with Crippen LogP contribution < -0.4 is 5.32 Å². The highest BCUT2D eigenvalue weighted by atomic mass is 32.2. The molecule has 0 radical (unpaired) electrons. The number of ketones is 2. The SMILES string of the molecule is CC(=O)NCC1=CC2C(C(=O)C1=O)C(c1ccccc1)=NN2S(=O)(=O)c1ccccc1. The lowest BCUT2D eigenvalue weighted by Crippen LogP contribution is -2.47. The number of fused-ring (bicyclic) bond motifs is 1. The molecule has 0 saturated heterocycles. The highest BCUT2D eigenvalue weighted by Crippen LogP contribution is 2.36. The van der Waals surface area contributed by atoms with Crippen LogP contribution in [0.25, 0.3) is 0 Å². The van der Waals surface area contributed by atoms with Crippen LogP contribution in [0.1, 0.15) is 12.5 Å². The Hall–Kier alpha value is -3.59. The Balaban J connectivity index is 1.85. The average molecular weight is 437 g/mol. The van der Waals surface area contributed by atoms with Crippen LogP contribution in [0.5, 0.6) is 0 Å². The van der Waals surface area contributed by atoms with Gasteiger partial charge in [-0.3, -0.25) is 14.4 Å². The van der Waals surface area contributed by atoms with Crippen molar-refractivity contribution in [3.63, 3.8) is 0 Å². The third-order valence-corrected chi connectivity index (χ3v) is 6.84. The predicted molar refractivity (Wildman–Crippen MR) is 113 cm³/mol. The maximum atomic E-state index is 13.4. The van der Waals surface area contributed by atoms with E-state index in [0.717, 1.165) is 4.41 Å². The Kier molecular flexibility index (Phi) is 5.28. The fraction of sp³-hybridized carbons (Fsp3) is 0.182. The van der Waals surface area contributed by atoms with Crippen LogP contribution in [0.3, 0.4) is 0 Å². The zero-order valence-electron chi connectivity index (χ0n) is 16.6. The molecule has 1 amide bonds. The van der Waals surface area contributed by atoms with Crippen LogP contribution >= 0.6 is 0 Å². The van der Waals surface area contributed by atoms with Crippen LogP contribution in [0.2, 0.25) is 0 Å². The van der Waals surface area contributed by atoms with E-state index in [2.05, 4.69) is 10.4 Å². The molecule has 2 unspecified atom stereocenters. The molecular weight excluding hydrogens is 418 g/mol. The summed E-state index contributed by atoms with van der Waals surface area (Å²) < 4.78 is 27.6. The summed E-state index contributed by atoms with van der Waals surface area (Å²) in [6, 6.07) is 15.5. The molecule has 4 rings (SSSR count). The molecule has 158 valence electrons. The first-order valence-electron chi connectivity index (χ1n) is 9.58. The second kappa shape index (κ2) is 7.92. The van der Waals surface area contributed by atoms with E-state index >= 15 is 0 Å². The van der Waals surface area contributed by atoms with Crippen molar-refractivity contribution in [1.29, 1.82) is 0 Å². The van der Waals surface area contributed by atoms with Crippen LogP contribution in [-0.2, 0) is 24.4 Å². The summed E-state index contributed by atoms with van der Waals surface area (Å²) in [5.74, 6) is -2.93. The Morgan fingerprint density at radius 2 is 1.65 bits per heavy atom. The number of nitrogens with one attached hydrogen (secondary N) is 1. The van der Waals surface area contributed by atoms with Crippen molar-refractivity contribution in [2.45, 2.75) is 17.9 Å². The van der Waals surface area contributed by atoms with Crippen LogP contribution in [0, 0.1) is 5.92 Å². The second-order valence-electron chi connectivity index (χ2n) is 7.21. The summed E-state index contributed by atoms with van der Waals surface area (Å²) >= 11 is 0. The standard InChI is InChI=1S/C22H19N3O5S/c1-14(26)23-13-16-12-18-19(22(28)21(16)27)20(15-8-4-2-5-9-15)24-25(18)31(29,30)17-10-6-3-7-11-17/h2-12,18-19H,13H2,1H3,(H,23,26). The summed E-state index contributed by atoms with van der Waals surface area (Å²) in [5.41, 5.74) is 0.820. The molecule has 0 fully saturated rings. The van der Waals surface area contributed by atoms with E-state index in [9.17, 15) is 22.8 Å². The van der Waals surface area contributed by atoms with Crippen LogP contribution in [-0.4, -0.2) is 48.6 Å². The van der Waals surface area contributed by atoms with Gasteiger partial charge in [-0.1, -0.05) is 48.5 Å². The molecule has 1 aliphatic carbocycles. The van der Waals surface area contributed by atoms with Crippen molar-refractivity contribution in [1.82, 2.24) is 9.73 Å². The van der Waals surface area contributed by atoms with E-state index in [-0.39, 0.29) is 28.6 Å². The quantitative estimate of drug-likeness (QED) is 0.709. The number of benzene rings is 2. The summed E-state index contributed by atoms with van der Waals surface area (Å²) in [4.78, 5) is 37.0. The number of Topliss-reactive ketones (excluding diaryl/α,β-unsaturated/α-hetero) is 2. The van der Waals surface area contributed by atoms with E-state index in [1.807, 2.05) is 0 Å². The first kappa shape index (κ1) is 20.7. The lowest BCUT2D eigenvalue weighted by atomic mass is 9.79. The van der Waals surface area contributed by atoms with E-state index in [4.69, 9.17) is 0 Å². The van der Waals surface area contributed by atoms with E-state index in [1.165, 1.54) is 25.1 Å². The Bertz CT molecular complexity index is 1220. The number of hydrazone groups is 1. The van der Waals surface area contributed by atoms with Gasteiger partial charge in [0.2, 0.25) is 17.5 Å². The smallest absolute Gasteiger partial charge is 0.279 e. The molecule has 0 aromatic heterocycles. The monoisotopic (exact) mass is 437 g/mol. The molecule has 1 aliphatic heterocycles. The molecule has 2 aromatic carbocycles. The molecule has 2 aromatic rings. The number of amides is 1. The average Bonchev–Trinajstić information content (AvgIpc) is 3.17. The van der Waals surface area contributed by atoms with Gasteiger partial charge < -0.3 is 5.32 Å². The van der Waals surface area contributed by atoms with Gasteiger partial charge in [0.1, 0.15) is 0 Å². The van der Waals surface area contributed by atoms with Crippen molar-refractivity contribution in [2.24, 2.45) is 11.0 Å². The molecule has 0 spiro atoms. The summed E-state index contributed by atoms with van der Waals surface area (Å²) in [6.45, 7) is 1.12. The first-order valence-corrected chi connectivity index (χ1v) is 11.0. The number of rotatable bonds is 5. The number of carbonyl (C=O) groups is 3. The molecule has 0 bridgehead atoms. The van der Waals surface area contributed by atoms with Gasteiger partial charge >= 0.3 is 0 Å². The second-order valence-corrected chi connectivity index (χ2v) is 9.00. The van der Waals surface area contributed by atoms with Gasteiger partial charge in [0.15, 0.2) is 0 Å². The third-order valence-electron chi connectivity index (χ3n) is 5.15. The Morgan fingerprint density at radius 3 is 2.26 bits per heavy atom. The van der Waals surface area contributed by atoms with E-state index in [0.29, 0.717) is 5.56 Å². The van der Waals surface area contributed by atoms with Crippen molar-refractivity contribution in [3.05, 3.63) is 77.9 Å². The van der Waals surface area contributed by atoms with E-state index < -0.39 is 33.5 Å². The molecule has 8 nitrogen and oxygen atoms in total. The highest BCUT2D eigenvalue weighted by molar-refractivity contribution is 7.89. The van der Waals surface area contributed by atoms with Crippen LogP contribution in [0.15, 0.2) is 82.3 Å². The Morgan fingerprint density at radius 1 is 1.03 bits per heavy atom. The fourth-order valence-corrected chi connectivity index (χ4v) is 5.08. The lowest BCUT2D eigenvalue weighted by molar-refractivity contribution is -0.136. The summed E-state index contributed by atoms with van der Waals surface area (Å²) in [6.07, 6.45) is 1.42. The van der Waals surface area contributed by atoms with E-state index in [1.54, 1.807) is 48.5 Å². The maximum absolute atomic E-state index is 13.4. The fourth-order valence-electron chi connectivity index (χ4n) is 3.66. The zero-order chi connectivity index (χ0) is 22.2. The number of hydrogen-bond acceptors (Lipinski definition) is 6. The van der Waals surface area contributed by atoms with Gasteiger partial charge in [0.25, 0.3) is 10.0 Å². The van der Waals surface area contributed by atoms with Gasteiger partial charge in [-0.05, 0) is 23.8 Å². The molecule has 0 saturated carbocycles. The van der Waals surface area contributed by atoms with Crippen molar-refractivity contribution >= 4 is 33.2 Å². The van der Waals surface area contributed by atoms with Gasteiger partial charge in [-0.25, -0.2) is 0 Å². The highest BCUT2D eigenvalue weighted by Gasteiger charge is 2.51. The van der Waals surface area contributed by atoms with Gasteiger partial charge in [0, 0.05) is 19.0 Å². The van der Waals surface area contributed by atoms with Crippen molar-refractivity contribution in [3.8, 4) is 0 Å². The summed E-state index contributed by atoms with van der Waals surface area (Å²) in [7, 11) is -4.10. The lowest BCUT2D eigenvalue weighted by Gasteiger charge is -2.28. The molecular formula is C22H19N3O5S. The van der Waals surface area contributed by atoms with Crippen molar-refractivity contribution < 1.29 is 22.8 Å². The molecule has 2 atom stereocenters.